The van der Waals surface area contributed by atoms with Crippen molar-refractivity contribution in [2.24, 2.45) is 5.73 Å². The van der Waals surface area contributed by atoms with Gasteiger partial charge in [-0.1, -0.05) is 18.2 Å². The van der Waals surface area contributed by atoms with Crippen LogP contribution in [0.1, 0.15) is 18.5 Å². The Hall–Kier alpha value is -1.58. The summed E-state index contributed by atoms with van der Waals surface area (Å²) in [5.41, 5.74) is 9.13. The summed E-state index contributed by atoms with van der Waals surface area (Å²) in [5.74, 6) is 0.773. The summed E-state index contributed by atoms with van der Waals surface area (Å²) in [4.78, 5) is 4.05. The molecule has 1 atom stereocenters. The predicted molar refractivity (Wildman–Crippen MR) is 76.1 cm³/mol. The lowest BCUT2D eigenvalue weighted by Crippen LogP contribution is -2.04. The van der Waals surface area contributed by atoms with Crippen molar-refractivity contribution in [1.29, 1.82) is 0 Å². The number of hydrogen-bond donors (Lipinski definition) is 1. The Morgan fingerprint density at radius 3 is 2.72 bits per heavy atom. The second kappa shape index (κ2) is 6.38. The minimum atomic E-state index is 0. The summed E-state index contributed by atoms with van der Waals surface area (Å²) in [7, 11) is 1.65. The first-order valence-electron chi connectivity index (χ1n) is 5.56. The van der Waals surface area contributed by atoms with Crippen LogP contribution in [0.2, 0.25) is 0 Å². The number of rotatable bonds is 3. The molecule has 96 valence electrons. The minimum Gasteiger partial charge on any atom is -0.494 e. The normalized spacial score (nSPS) is 11.5. The molecule has 0 aliphatic rings. The number of hydrogen-bond acceptors (Lipinski definition) is 3. The summed E-state index contributed by atoms with van der Waals surface area (Å²) in [6.45, 7) is 1.98. The molecule has 0 spiro atoms. The number of methoxy groups -OCH3 is 1. The summed E-state index contributed by atoms with van der Waals surface area (Å²) in [6.07, 6.45) is 3.48. The quantitative estimate of drug-likeness (QED) is 0.926. The summed E-state index contributed by atoms with van der Waals surface area (Å²) in [5, 5.41) is 0. The van der Waals surface area contributed by atoms with Crippen LogP contribution in [0, 0.1) is 0 Å². The molecule has 2 aromatic rings. The lowest BCUT2D eigenvalue weighted by molar-refractivity contribution is 0.414. The van der Waals surface area contributed by atoms with Crippen molar-refractivity contribution in [2.45, 2.75) is 13.0 Å². The number of halogens is 1. The van der Waals surface area contributed by atoms with Crippen LogP contribution in [0.4, 0.5) is 0 Å². The fourth-order valence-electron chi connectivity index (χ4n) is 1.77. The van der Waals surface area contributed by atoms with E-state index >= 15 is 0 Å². The molecule has 4 heteroatoms. The molecule has 1 aromatic heterocycles. The van der Waals surface area contributed by atoms with Crippen LogP contribution in [0.15, 0.2) is 42.7 Å². The molecule has 0 radical (unpaired) electrons. The van der Waals surface area contributed by atoms with Gasteiger partial charge in [0.25, 0.3) is 0 Å². The van der Waals surface area contributed by atoms with E-state index in [4.69, 9.17) is 10.5 Å². The number of pyridine rings is 1. The van der Waals surface area contributed by atoms with Crippen LogP contribution in [-0.4, -0.2) is 12.1 Å². The summed E-state index contributed by atoms with van der Waals surface area (Å²) >= 11 is 0. The SMILES string of the molecule is COc1cnccc1-c1cccc(C(C)N)c1.Cl. The molecule has 1 unspecified atom stereocenters. The molecule has 0 amide bonds. The standard InChI is InChI=1S/C14H16N2O.ClH/c1-10(15)11-4-3-5-12(8-11)13-6-7-16-9-14(13)17-2;/h3-10H,15H2,1-2H3;1H. The van der Waals surface area contributed by atoms with Crippen LogP contribution in [-0.2, 0) is 0 Å². The fraction of sp³-hybridized carbons (Fsp3) is 0.214. The van der Waals surface area contributed by atoms with E-state index in [9.17, 15) is 0 Å². The molecule has 0 aliphatic heterocycles. The predicted octanol–water partition coefficient (Wildman–Crippen LogP) is 3.20. The zero-order valence-electron chi connectivity index (χ0n) is 10.5. The van der Waals surface area contributed by atoms with Gasteiger partial charge in [0.1, 0.15) is 5.75 Å². The van der Waals surface area contributed by atoms with Gasteiger partial charge >= 0.3 is 0 Å². The molecule has 0 fully saturated rings. The molecular weight excluding hydrogens is 248 g/mol. The van der Waals surface area contributed by atoms with Gasteiger partial charge in [-0.3, -0.25) is 4.98 Å². The third-order valence-corrected chi connectivity index (χ3v) is 2.73. The van der Waals surface area contributed by atoms with E-state index in [0.717, 1.165) is 22.4 Å². The van der Waals surface area contributed by atoms with E-state index in [1.165, 1.54) is 0 Å². The Balaban J connectivity index is 0.00000162. The van der Waals surface area contributed by atoms with Crippen molar-refractivity contribution in [3.05, 3.63) is 48.3 Å². The third kappa shape index (κ3) is 3.00. The van der Waals surface area contributed by atoms with Gasteiger partial charge in [0, 0.05) is 17.8 Å². The van der Waals surface area contributed by atoms with Gasteiger partial charge in [0.05, 0.1) is 13.3 Å². The molecule has 1 aromatic carbocycles. The van der Waals surface area contributed by atoms with E-state index in [2.05, 4.69) is 11.1 Å². The molecule has 0 aliphatic carbocycles. The molecule has 2 N–H and O–H groups in total. The second-order valence-electron chi connectivity index (χ2n) is 3.99. The monoisotopic (exact) mass is 264 g/mol. The number of benzene rings is 1. The van der Waals surface area contributed by atoms with Gasteiger partial charge in [0.15, 0.2) is 0 Å². The first kappa shape index (κ1) is 14.5. The third-order valence-electron chi connectivity index (χ3n) is 2.73. The zero-order chi connectivity index (χ0) is 12.3. The fourth-order valence-corrected chi connectivity index (χ4v) is 1.77. The largest absolute Gasteiger partial charge is 0.494 e. The smallest absolute Gasteiger partial charge is 0.144 e. The van der Waals surface area contributed by atoms with E-state index in [0.29, 0.717) is 0 Å². The molecule has 1 heterocycles. The van der Waals surface area contributed by atoms with E-state index in [1.54, 1.807) is 19.5 Å². The highest BCUT2D eigenvalue weighted by Crippen LogP contribution is 2.29. The average molecular weight is 265 g/mol. The summed E-state index contributed by atoms with van der Waals surface area (Å²) in [6, 6.07) is 10.1. The first-order valence-corrected chi connectivity index (χ1v) is 5.56. The van der Waals surface area contributed by atoms with Crippen LogP contribution >= 0.6 is 12.4 Å². The Morgan fingerprint density at radius 1 is 1.28 bits per heavy atom. The van der Waals surface area contributed by atoms with Crippen LogP contribution < -0.4 is 10.5 Å². The van der Waals surface area contributed by atoms with Crippen molar-refractivity contribution >= 4 is 12.4 Å². The maximum atomic E-state index is 5.89. The van der Waals surface area contributed by atoms with Gasteiger partial charge in [0.2, 0.25) is 0 Å². The molecule has 0 saturated heterocycles. The lowest BCUT2D eigenvalue weighted by atomic mass is 10.0. The van der Waals surface area contributed by atoms with Crippen molar-refractivity contribution in [1.82, 2.24) is 4.98 Å². The average Bonchev–Trinajstić information content (AvgIpc) is 2.39. The highest BCUT2D eigenvalue weighted by molar-refractivity contribution is 5.85. The van der Waals surface area contributed by atoms with Crippen molar-refractivity contribution in [3.63, 3.8) is 0 Å². The van der Waals surface area contributed by atoms with Crippen LogP contribution in [0.3, 0.4) is 0 Å². The van der Waals surface area contributed by atoms with Gasteiger partial charge in [-0.05, 0) is 30.2 Å². The Labute approximate surface area is 113 Å². The highest BCUT2D eigenvalue weighted by Gasteiger charge is 2.07. The summed E-state index contributed by atoms with van der Waals surface area (Å²) < 4.78 is 5.31. The van der Waals surface area contributed by atoms with Crippen LogP contribution in [0.25, 0.3) is 11.1 Å². The number of nitrogens with two attached hydrogens (primary N) is 1. The maximum absolute atomic E-state index is 5.89. The molecular formula is C14H17ClN2O. The Morgan fingerprint density at radius 2 is 2.06 bits per heavy atom. The molecule has 3 nitrogen and oxygen atoms in total. The number of aromatic nitrogens is 1. The highest BCUT2D eigenvalue weighted by atomic mass is 35.5. The van der Waals surface area contributed by atoms with Crippen LogP contribution in [0.5, 0.6) is 5.75 Å². The topological polar surface area (TPSA) is 48.1 Å². The second-order valence-corrected chi connectivity index (χ2v) is 3.99. The van der Waals surface area contributed by atoms with Gasteiger partial charge in [-0.15, -0.1) is 12.4 Å². The van der Waals surface area contributed by atoms with Gasteiger partial charge in [-0.2, -0.15) is 0 Å². The van der Waals surface area contributed by atoms with E-state index in [-0.39, 0.29) is 18.4 Å². The minimum absolute atomic E-state index is 0. The lowest BCUT2D eigenvalue weighted by Gasteiger charge is -2.10. The van der Waals surface area contributed by atoms with Gasteiger partial charge < -0.3 is 10.5 Å². The van der Waals surface area contributed by atoms with E-state index < -0.39 is 0 Å². The van der Waals surface area contributed by atoms with Gasteiger partial charge in [-0.25, -0.2) is 0 Å². The number of ether oxygens (including phenoxy) is 1. The number of nitrogens with zero attached hydrogens (tertiary/aromatic N) is 1. The Kier molecular flexibility index (Phi) is 5.13. The molecule has 0 saturated carbocycles. The Bertz CT molecular complexity index is 515. The molecule has 0 bridgehead atoms. The maximum Gasteiger partial charge on any atom is 0.144 e. The first-order chi connectivity index (χ1) is 8.22. The van der Waals surface area contributed by atoms with Crippen molar-refractivity contribution < 1.29 is 4.74 Å². The van der Waals surface area contributed by atoms with Crippen molar-refractivity contribution in [3.8, 4) is 16.9 Å². The molecule has 18 heavy (non-hydrogen) atoms. The van der Waals surface area contributed by atoms with E-state index in [1.807, 2.05) is 31.2 Å². The zero-order valence-corrected chi connectivity index (χ0v) is 11.3. The van der Waals surface area contributed by atoms with Crippen molar-refractivity contribution in [2.75, 3.05) is 7.11 Å². The molecule has 2 rings (SSSR count).